The van der Waals surface area contributed by atoms with Crippen LogP contribution in [0.4, 0.5) is 5.69 Å². The van der Waals surface area contributed by atoms with Crippen molar-refractivity contribution in [1.82, 2.24) is 19.2 Å². The summed E-state index contributed by atoms with van der Waals surface area (Å²) in [5.41, 5.74) is 7.30. The van der Waals surface area contributed by atoms with E-state index >= 15 is 0 Å². The Morgan fingerprint density at radius 2 is 1.80 bits per heavy atom. The first-order valence-electron chi connectivity index (χ1n) is 10.6. The zero-order valence-electron chi connectivity index (χ0n) is 18.6. The molecule has 5 rings (SSSR count). The van der Waals surface area contributed by atoms with Crippen molar-refractivity contribution in [3.8, 4) is 11.3 Å². The van der Waals surface area contributed by atoms with Crippen molar-refractivity contribution >= 4 is 44.2 Å². The Balaban J connectivity index is 1.48. The van der Waals surface area contributed by atoms with Gasteiger partial charge in [-0.15, -0.1) is 5.10 Å². The van der Waals surface area contributed by atoms with Gasteiger partial charge < -0.3 is 5.43 Å². The maximum atomic E-state index is 13.4. The molecule has 0 atom stereocenters. The fraction of sp³-hybridized carbons (Fsp3) is 0.0833. The molecule has 176 valence electrons. The minimum atomic E-state index is -4.13. The van der Waals surface area contributed by atoms with E-state index in [2.05, 4.69) is 20.0 Å². The molecule has 35 heavy (non-hydrogen) atoms. The molecule has 0 aliphatic heterocycles. The third-order valence-corrected chi connectivity index (χ3v) is 7.70. The highest BCUT2D eigenvalue weighted by molar-refractivity contribution is 7.93. The first-order valence-corrected chi connectivity index (χ1v) is 12.9. The molecular formula is C24H20N6O3S2. The van der Waals surface area contributed by atoms with E-state index in [1.165, 1.54) is 30.6 Å². The van der Waals surface area contributed by atoms with Gasteiger partial charge in [0.1, 0.15) is 17.5 Å². The van der Waals surface area contributed by atoms with Crippen molar-refractivity contribution in [2.24, 2.45) is 0 Å². The van der Waals surface area contributed by atoms with Crippen molar-refractivity contribution in [3.05, 3.63) is 90.1 Å². The monoisotopic (exact) mass is 504 g/mol. The van der Waals surface area contributed by atoms with Crippen molar-refractivity contribution < 1.29 is 13.2 Å². The van der Waals surface area contributed by atoms with Crippen LogP contribution in [0.2, 0.25) is 0 Å². The number of hydrogen-bond donors (Lipinski definition) is 1. The summed E-state index contributed by atoms with van der Waals surface area (Å²) in [5, 5.41) is 5.96. The van der Waals surface area contributed by atoms with Crippen molar-refractivity contribution in [3.63, 3.8) is 0 Å². The number of aromatic nitrogens is 4. The summed E-state index contributed by atoms with van der Waals surface area (Å²) in [6.45, 7) is 1.67. The van der Waals surface area contributed by atoms with Gasteiger partial charge in [0.25, 0.3) is 10.0 Å². The molecule has 0 aliphatic rings. The number of carbonyl (C=O) groups is 1. The van der Waals surface area contributed by atoms with Gasteiger partial charge in [-0.05, 0) is 41.4 Å². The number of amides is 1. The van der Waals surface area contributed by atoms with Crippen molar-refractivity contribution in [2.45, 2.75) is 18.4 Å². The van der Waals surface area contributed by atoms with Crippen LogP contribution in [0.15, 0.2) is 89.4 Å². The predicted molar refractivity (Wildman–Crippen MR) is 135 cm³/mol. The minimum absolute atomic E-state index is 0.0293. The second-order valence-corrected chi connectivity index (χ2v) is 10.1. The topological polar surface area (TPSA) is 110 Å². The molecule has 0 saturated heterocycles. The van der Waals surface area contributed by atoms with E-state index in [1.807, 2.05) is 29.6 Å². The molecule has 2 aromatic heterocycles. The third kappa shape index (κ3) is 4.38. The Morgan fingerprint density at radius 1 is 1.03 bits per heavy atom. The van der Waals surface area contributed by atoms with Crippen LogP contribution >= 0.6 is 11.5 Å². The third-order valence-electron chi connectivity index (χ3n) is 5.40. The second kappa shape index (κ2) is 9.28. The van der Waals surface area contributed by atoms with Gasteiger partial charge in [0.2, 0.25) is 5.91 Å². The van der Waals surface area contributed by atoms with Crippen molar-refractivity contribution in [2.75, 3.05) is 9.73 Å². The number of para-hydroxylation sites is 1. The molecule has 0 saturated carbocycles. The smallest absolute Gasteiger partial charge is 0.270 e. The Kier molecular flexibility index (Phi) is 6.01. The SMILES string of the molecule is CC(=O)N(c1cccc2ncn(NCc3ccc(-c4csnn4)cc3)c12)S(=O)(=O)c1ccccc1. The first-order chi connectivity index (χ1) is 16.9. The molecule has 0 bridgehead atoms. The zero-order valence-corrected chi connectivity index (χ0v) is 20.2. The first kappa shape index (κ1) is 22.7. The molecule has 3 aromatic carbocycles. The number of sulfonamides is 1. The standard InChI is InChI=1S/C24H20N6O3S2/c1-17(31)30(35(32,33)20-6-3-2-4-7-20)23-9-5-8-21-24(23)29(16-25-21)26-14-18-10-12-19(13-11-18)22-15-34-28-27-22/h2-13,15-16,26H,14H2,1H3. The average molecular weight is 505 g/mol. The summed E-state index contributed by atoms with van der Waals surface area (Å²) < 4.78 is 33.2. The Morgan fingerprint density at radius 3 is 2.49 bits per heavy atom. The quantitative estimate of drug-likeness (QED) is 0.356. The fourth-order valence-corrected chi connectivity index (χ4v) is 5.68. The molecule has 11 heteroatoms. The maximum Gasteiger partial charge on any atom is 0.270 e. The van der Waals surface area contributed by atoms with E-state index in [0.717, 1.165) is 21.1 Å². The lowest BCUT2D eigenvalue weighted by atomic mass is 10.1. The lowest BCUT2D eigenvalue weighted by Crippen LogP contribution is -2.35. The van der Waals surface area contributed by atoms with Gasteiger partial charge in [-0.3, -0.25) is 4.79 Å². The predicted octanol–water partition coefficient (Wildman–Crippen LogP) is 4.04. The molecule has 9 nitrogen and oxygen atoms in total. The zero-order chi connectivity index (χ0) is 24.4. The molecule has 0 spiro atoms. The lowest BCUT2D eigenvalue weighted by Gasteiger charge is -2.22. The van der Waals surface area contributed by atoms with E-state index < -0.39 is 15.9 Å². The van der Waals surface area contributed by atoms with Crippen LogP contribution in [0.1, 0.15) is 12.5 Å². The molecular weight excluding hydrogens is 484 g/mol. The van der Waals surface area contributed by atoms with Crippen molar-refractivity contribution in [1.29, 1.82) is 0 Å². The highest BCUT2D eigenvalue weighted by atomic mass is 32.2. The van der Waals surface area contributed by atoms with E-state index in [0.29, 0.717) is 17.6 Å². The largest absolute Gasteiger partial charge is 0.320 e. The fourth-order valence-electron chi connectivity index (χ4n) is 3.76. The Labute approximate surface area is 205 Å². The number of rotatable bonds is 7. The highest BCUT2D eigenvalue weighted by Gasteiger charge is 2.31. The Bertz CT molecular complexity index is 1580. The van der Waals surface area contributed by atoms with Gasteiger partial charge in [-0.1, -0.05) is 53.0 Å². The normalized spacial score (nSPS) is 11.5. The van der Waals surface area contributed by atoms with Gasteiger partial charge in [-0.2, -0.15) is 0 Å². The number of anilines is 1. The number of nitrogens with one attached hydrogen (secondary N) is 1. The van der Waals surface area contributed by atoms with Gasteiger partial charge in [0.15, 0.2) is 0 Å². The molecule has 5 aromatic rings. The van der Waals surface area contributed by atoms with Gasteiger partial charge in [0, 0.05) is 17.9 Å². The Hall–Kier alpha value is -4.09. The van der Waals surface area contributed by atoms with Gasteiger partial charge in [-0.25, -0.2) is 22.4 Å². The number of hydrogen-bond acceptors (Lipinski definition) is 8. The summed E-state index contributed by atoms with van der Waals surface area (Å²) in [4.78, 5) is 17.1. The van der Waals surface area contributed by atoms with Crippen LogP contribution in [-0.4, -0.2) is 33.6 Å². The molecule has 0 unspecified atom stereocenters. The number of fused-ring (bicyclic) bond motifs is 1. The van der Waals surface area contributed by atoms with E-state index in [1.54, 1.807) is 47.4 Å². The highest BCUT2D eigenvalue weighted by Crippen LogP contribution is 2.31. The summed E-state index contributed by atoms with van der Waals surface area (Å²) >= 11 is 1.30. The molecule has 0 fully saturated rings. The van der Waals surface area contributed by atoms with Crippen LogP contribution in [0.5, 0.6) is 0 Å². The summed E-state index contributed by atoms with van der Waals surface area (Å²) in [7, 11) is -4.13. The van der Waals surface area contributed by atoms with Crippen LogP contribution < -0.4 is 9.73 Å². The van der Waals surface area contributed by atoms with Gasteiger partial charge in [0.05, 0.1) is 22.6 Å². The number of imidazole rings is 1. The molecule has 2 heterocycles. The second-order valence-electron chi connectivity index (χ2n) is 7.68. The molecule has 0 aliphatic carbocycles. The molecule has 1 amide bonds. The van der Waals surface area contributed by atoms with Gasteiger partial charge >= 0.3 is 0 Å². The number of benzene rings is 3. The van der Waals surface area contributed by atoms with E-state index in [9.17, 15) is 13.2 Å². The number of carbonyl (C=O) groups excluding carboxylic acids is 1. The molecule has 0 radical (unpaired) electrons. The van der Waals surface area contributed by atoms with Crippen LogP contribution in [0.25, 0.3) is 22.3 Å². The maximum absolute atomic E-state index is 13.4. The average Bonchev–Trinajstić information content (AvgIpc) is 3.54. The van der Waals surface area contributed by atoms with E-state index in [-0.39, 0.29) is 10.6 Å². The lowest BCUT2D eigenvalue weighted by molar-refractivity contribution is -0.115. The summed E-state index contributed by atoms with van der Waals surface area (Å²) in [5.74, 6) is -0.624. The summed E-state index contributed by atoms with van der Waals surface area (Å²) in [6, 6.07) is 20.8. The van der Waals surface area contributed by atoms with Crippen LogP contribution in [0, 0.1) is 0 Å². The van der Waals surface area contributed by atoms with E-state index in [4.69, 9.17) is 0 Å². The minimum Gasteiger partial charge on any atom is -0.320 e. The number of nitrogens with zero attached hydrogens (tertiary/aromatic N) is 5. The van der Waals surface area contributed by atoms with Crippen LogP contribution in [-0.2, 0) is 21.4 Å². The van der Waals surface area contributed by atoms with Crippen LogP contribution in [0.3, 0.4) is 0 Å². The summed E-state index contributed by atoms with van der Waals surface area (Å²) in [6.07, 6.45) is 1.57. The molecule has 1 N–H and O–H groups in total.